The summed E-state index contributed by atoms with van der Waals surface area (Å²) in [6, 6.07) is 2.99. The molecule has 0 aliphatic rings. The molecule has 0 bridgehead atoms. The highest BCUT2D eigenvalue weighted by molar-refractivity contribution is 5.98. The molecule has 6 heteroatoms. The van der Waals surface area contributed by atoms with Gasteiger partial charge in [0.1, 0.15) is 0 Å². The van der Waals surface area contributed by atoms with Crippen LogP contribution in [0.3, 0.4) is 0 Å². The van der Waals surface area contributed by atoms with Crippen molar-refractivity contribution in [2.75, 3.05) is 0 Å². The fourth-order valence-corrected chi connectivity index (χ4v) is 1.02. The van der Waals surface area contributed by atoms with E-state index < -0.39 is 17.6 Å². The molecule has 3 nitrogen and oxygen atoms in total. The van der Waals surface area contributed by atoms with Crippen LogP contribution in [0.4, 0.5) is 8.78 Å². The Morgan fingerprint density at radius 2 is 1.93 bits per heavy atom. The van der Waals surface area contributed by atoms with Gasteiger partial charge < -0.3 is 14.6 Å². The summed E-state index contributed by atoms with van der Waals surface area (Å²) in [6.07, 6.45) is -0.381. The summed E-state index contributed by atoms with van der Waals surface area (Å²) in [4.78, 5) is 0. The molecule has 0 saturated carbocycles. The molecule has 0 atom stereocenters. The topological polar surface area (TPSA) is 49.7 Å². The molecule has 0 saturated heterocycles. The Labute approximate surface area is 82.5 Å². The Balaban J connectivity index is 2.83. The number of rotatable bonds is 3. The molecule has 75 valence electrons. The number of halogens is 2. The Morgan fingerprint density at radius 1 is 1.29 bits per heavy atom. The Hall–Kier alpha value is -0.823. The zero-order chi connectivity index (χ0) is 10.8. The largest absolute Gasteiger partial charge is 0.371 e. The van der Waals surface area contributed by atoms with Gasteiger partial charge in [0.25, 0.3) is 16.5 Å². The van der Waals surface area contributed by atoms with Crippen molar-refractivity contribution in [1.82, 2.24) is 0 Å². The standard InChI is InChI=1S/C8H7F2O3Si/c9-6-2-1-5(3-7(6)10)4-8(11,12)13-14/h1-3,11-12H,4H2. The molecule has 0 amide bonds. The third kappa shape index (κ3) is 2.84. The second kappa shape index (κ2) is 4.14. The minimum absolute atomic E-state index is 0.201. The van der Waals surface area contributed by atoms with E-state index in [1.165, 1.54) is 6.07 Å². The second-order valence-electron chi connectivity index (χ2n) is 2.77. The van der Waals surface area contributed by atoms with Gasteiger partial charge in [0.2, 0.25) is 0 Å². The first-order valence-electron chi connectivity index (χ1n) is 3.68. The van der Waals surface area contributed by atoms with Crippen LogP contribution < -0.4 is 0 Å². The zero-order valence-corrected chi connectivity index (χ0v) is 8.00. The lowest BCUT2D eigenvalue weighted by Gasteiger charge is -2.19. The van der Waals surface area contributed by atoms with Crippen molar-refractivity contribution in [2.45, 2.75) is 12.4 Å². The summed E-state index contributed by atoms with van der Waals surface area (Å²) in [7, 11) is 2.44. The zero-order valence-electron chi connectivity index (χ0n) is 7.00. The van der Waals surface area contributed by atoms with E-state index in [9.17, 15) is 8.78 Å². The lowest BCUT2D eigenvalue weighted by molar-refractivity contribution is -0.289. The maximum absolute atomic E-state index is 12.7. The molecule has 2 N–H and O–H groups in total. The van der Waals surface area contributed by atoms with Crippen molar-refractivity contribution in [2.24, 2.45) is 0 Å². The summed E-state index contributed by atoms with van der Waals surface area (Å²) < 4.78 is 29.3. The molecule has 0 aliphatic carbocycles. The van der Waals surface area contributed by atoms with Crippen LogP contribution in [0, 0.1) is 11.6 Å². The van der Waals surface area contributed by atoms with Gasteiger partial charge in [0.15, 0.2) is 11.6 Å². The van der Waals surface area contributed by atoms with Gasteiger partial charge in [-0.05, 0) is 17.7 Å². The molecule has 3 radical (unpaired) electrons. The quantitative estimate of drug-likeness (QED) is 0.563. The summed E-state index contributed by atoms with van der Waals surface area (Å²) in [5, 5.41) is 18.0. The predicted octanol–water partition coefficient (Wildman–Crippen LogP) is 0.246. The lowest BCUT2D eigenvalue weighted by Crippen LogP contribution is -2.33. The van der Waals surface area contributed by atoms with Gasteiger partial charge in [-0.15, -0.1) is 0 Å². The normalized spacial score (nSPS) is 11.8. The third-order valence-corrected chi connectivity index (χ3v) is 1.91. The second-order valence-corrected chi connectivity index (χ2v) is 2.97. The SMILES string of the molecule is OC(O)(Cc1ccc(F)c(F)c1)O[Si]. The van der Waals surface area contributed by atoms with Crippen molar-refractivity contribution in [3.05, 3.63) is 35.4 Å². The van der Waals surface area contributed by atoms with Gasteiger partial charge >= 0.3 is 0 Å². The Bertz CT molecular complexity index is 330. The van der Waals surface area contributed by atoms with E-state index in [0.29, 0.717) is 0 Å². The van der Waals surface area contributed by atoms with Crippen LogP contribution in [0.25, 0.3) is 0 Å². The van der Waals surface area contributed by atoms with Crippen molar-refractivity contribution in [3.8, 4) is 0 Å². The molecule has 0 fully saturated rings. The van der Waals surface area contributed by atoms with Crippen LogP contribution >= 0.6 is 0 Å². The average molecular weight is 217 g/mol. The molecular formula is C8H7F2O3Si. The first kappa shape index (κ1) is 11.3. The summed E-state index contributed by atoms with van der Waals surface area (Å²) in [5.74, 6) is -4.48. The maximum Gasteiger partial charge on any atom is 0.272 e. The van der Waals surface area contributed by atoms with E-state index in [1.54, 1.807) is 0 Å². The molecule has 1 aromatic carbocycles. The molecule has 0 spiro atoms. The van der Waals surface area contributed by atoms with Crippen molar-refractivity contribution < 1.29 is 23.4 Å². The summed E-state index contributed by atoms with van der Waals surface area (Å²) in [6.45, 7) is 0. The van der Waals surface area contributed by atoms with E-state index in [-0.39, 0.29) is 12.0 Å². The van der Waals surface area contributed by atoms with E-state index in [1.807, 2.05) is 0 Å². The molecular weight excluding hydrogens is 210 g/mol. The predicted molar refractivity (Wildman–Crippen MR) is 44.1 cm³/mol. The van der Waals surface area contributed by atoms with Crippen LogP contribution in [0.1, 0.15) is 5.56 Å². The van der Waals surface area contributed by atoms with Crippen LogP contribution in [0.5, 0.6) is 0 Å². The first-order chi connectivity index (χ1) is 6.44. The highest BCUT2D eigenvalue weighted by Crippen LogP contribution is 2.14. The first-order valence-corrected chi connectivity index (χ1v) is 4.09. The maximum atomic E-state index is 12.7. The molecule has 0 unspecified atom stereocenters. The van der Waals surface area contributed by atoms with E-state index in [2.05, 4.69) is 14.9 Å². The van der Waals surface area contributed by atoms with E-state index >= 15 is 0 Å². The molecule has 1 aromatic rings. The monoisotopic (exact) mass is 217 g/mol. The minimum atomic E-state index is -2.44. The van der Waals surface area contributed by atoms with Gasteiger partial charge in [-0.25, -0.2) is 8.78 Å². The van der Waals surface area contributed by atoms with Crippen LogP contribution in [0.15, 0.2) is 18.2 Å². The van der Waals surface area contributed by atoms with Gasteiger partial charge in [-0.3, -0.25) is 0 Å². The lowest BCUT2D eigenvalue weighted by atomic mass is 10.1. The minimum Gasteiger partial charge on any atom is -0.371 e. The molecule has 1 rings (SSSR count). The van der Waals surface area contributed by atoms with Gasteiger partial charge in [0.05, 0.1) is 6.42 Å². The molecule has 0 aliphatic heterocycles. The van der Waals surface area contributed by atoms with Crippen molar-refractivity contribution in [1.29, 1.82) is 0 Å². The summed E-state index contributed by atoms with van der Waals surface area (Å²) in [5.41, 5.74) is 0.201. The third-order valence-electron chi connectivity index (χ3n) is 1.58. The number of aliphatic hydroxyl groups is 2. The van der Waals surface area contributed by atoms with Crippen LogP contribution in [0.2, 0.25) is 0 Å². The highest BCUT2D eigenvalue weighted by Gasteiger charge is 2.22. The summed E-state index contributed by atoms with van der Waals surface area (Å²) >= 11 is 0. The van der Waals surface area contributed by atoms with Gasteiger partial charge in [-0.2, -0.15) is 0 Å². The smallest absolute Gasteiger partial charge is 0.272 e. The van der Waals surface area contributed by atoms with Crippen LogP contribution in [-0.2, 0) is 10.8 Å². The molecule has 14 heavy (non-hydrogen) atoms. The molecule has 0 heterocycles. The van der Waals surface area contributed by atoms with E-state index in [4.69, 9.17) is 10.2 Å². The van der Waals surface area contributed by atoms with Gasteiger partial charge in [-0.1, -0.05) is 6.07 Å². The number of hydrogen-bond donors (Lipinski definition) is 2. The number of benzene rings is 1. The van der Waals surface area contributed by atoms with E-state index in [0.717, 1.165) is 12.1 Å². The Kier molecular flexibility index (Phi) is 3.32. The Morgan fingerprint density at radius 3 is 2.43 bits per heavy atom. The average Bonchev–Trinajstić information content (AvgIpc) is 2.11. The van der Waals surface area contributed by atoms with Crippen LogP contribution in [-0.4, -0.2) is 26.7 Å². The fraction of sp³-hybridized carbons (Fsp3) is 0.250. The fourth-order valence-electron chi connectivity index (χ4n) is 0.952. The van der Waals surface area contributed by atoms with Gasteiger partial charge in [0, 0.05) is 0 Å². The number of hydrogen-bond acceptors (Lipinski definition) is 3. The van der Waals surface area contributed by atoms with Crippen molar-refractivity contribution in [3.63, 3.8) is 0 Å². The molecule has 0 aromatic heterocycles. The van der Waals surface area contributed by atoms with Crippen molar-refractivity contribution >= 4 is 10.5 Å². The highest BCUT2D eigenvalue weighted by atomic mass is 28.2.